The monoisotopic (exact) mass is 366 g/mol. The molecule has 2 aromatic carbocycles. The maximum atomic E-state index is 5.41. The van der Waals surface area contributed by atoms with Gasteiger partial charge >= 0.3 is 0 Å². The minimum absolute atomic E-state index is 0.504. The Bertz CT molecular complexity index is 973. The predicted octanol–water partition coefficient (Wildman–Crippen LogP) is 4.23. The average Bonchev–Trinajstić information content (AvgIpc) is 3.01. The second kappa shape index (κ2) is 8.37. The summed E-state index contributed by atoms with van der Waals surface area (Å²) in [6, 6.07) is 12.4. The highest BCUT2D eigenvalue weighted by molar-refractivity contribution is 6.00. The number of fused-ring (bicyclic) bond motifs is 1. The molecule has 3 aromatic rings. The van der Waals surface area contributed by atoms with Crippen LogP contribution in [0.4, 0.5) is 0 Å². The third-order valence-corrected chi connectivity index (χ3v) is 4.69. The smallest absolute Gasteiger partial charge is 0.119 e. The maximum absolute atomic E-state index is 5.41. The Labute approximate surface area is 160 Å². The van der Waals surface area contributed by atoms with Gasteiger partial charge in [-0.25, -0.2) is 0 Å². The van der Waals surface area contributed by atoms with Crippen LogP contribution in [0.2, 0.25) is 0 Å². The van der Waals surface area contributed by atoms with Crippen molar-refractivity contribution >= 4 is 16.5 Å². The van der Waals surface area contributed by atoms with Crippen LogP contribution in [0, 0.1) is 6.92 Å². The lowest BCUT2D eigenvalue weighted by molar-refractivity contribution is 0.227. The molecule has 3 rings (SSSR count). The van der Waals surface area contributed by atoms with Crippen LogP contribution in [0.25, 0.3) is 27.6 Å². The summed E-state index contributed by atoms with van der Waals surface area (Å²) in [5.74, 6) is 0.856. The number of methoxy groups -OCH3 is 3. The number of benzene rings is 2. The van der Waals surface area contributed by atoms with Crippen LogP contribution in [0.15, 0.2) is 42.5 Å². The van der Waals surface area contributed by atoms with E-state index in [9.17, 15) is 0 Å². The van der Waals surface area contributed by atoms with Crippen molar-refractivity contribution in [3.8, 4) is 16.9 Å². The SMILES string of the molecule is COC/C=C(\COC)c1c2cccc(-c3ccc(OC)cc3C)c2nn1C. The van der Waals surface area contributed by atoms with Crippen molar-refractivity contribution in [2.24, 2.45) is 7.05 Å². The van der Waals surface area contributed by atoms with Gasteiger partial charge in [-0.05, 0) is 30.2 Å². The second-order valence-electron chi connectivity index (χ2n) is 6.47. The average molecular weight is 366 g/mol. The quantitative estimate of drug-likeness (QED) is 0.628. The third kappa shape index (κ3) is 3.75. The van der Waals surface area contributed by atoms with Gasteiger partial charge in [-0.15, -0.1) is 0 Å². The Hall–Kier alpha value is -2.63. The molecule has 142 valence electrons. The van der Waals surface area contributed by atoms with Crippen LogP contribution >= 0.6 is 0 Å². The lowest BCUT2D eigenvalue weighted by Crippen LogP contribution is -2.03. The van der Waals surface area contributed by atoms with Crippen molar-refractivity contribution in [1.82, 2.24) is 9.78 Å². The molecule has 1 aromatic heterocycles. The Balaban J connectivity index is 2.19. The molecule has 0 amide bonds. The highest BCUT2D eigenvalue weighted by atomic mass is 16.5. The molecule has 0 N–H and O–H groups in total. The summed E-state index contributed by atoms with van der Waals surface area (Å²) in [5, 5.41) is 5.93. The van der Waals surface area contributed by atoms with Crippen molar-refractivity contribution in [2.75, 3.05) is 34.5 Å². The molecular formula is C22H26N2O3. The molecule has 0 aliphatic rings. The molecule has 0 unspecified atom stereocenters. The summed E-state index contributed by atoms with van der Waals surface area (Å²) in [4.78, 5) is 0. The van der Waals surface area contributed by atoms with Crippen LogP contribution < -0.4 is 4.74 Å². The number of aromatic nitrogens is 2. The van der Waals surface area contributed by atoms with Gasteiger partial charge in [-0.2, -0.15) is 5.10 Å². The van der Waals surface area contributed by atoms with Gasteiger partial charge in [-0.1, -0.05) is 30.3 Å². The van der Waals surface area contributed by atoms with Crippen LogP contribution in [0.5, 0.6) is 5.75 Å². The van der Waals surface area contributed by atoms with E-state index in [1.165, 1.54) is 0 Å². The molecule has 0 bridgehead atoms. The number of nitrogens with zero attached hydrogens (tertiary/aromatic N) is 2. The number of aryl methyl sites for hydroxylation is 2. The standard InChI is InChI=1S/C22H26N2O3/c1-15-13-17(27-5)9-10-18(15)19-7-6-8-20-21(19)23-24(2)22(20)16(14-26-4)11-12-25-3/h6-11,13H,12,14H2,1-5H3/b16-11+. The highest BCUT2D eigenvalue weighted by Crippen LogP contribution is 2.35. The Morgan fingerprint density at radius 3 is 2.56 bits per heavy atom. The van der Waals surface area contributed by atoms with Crippen LogP contribution in [-0.2, 0) is 16.5 Å². The molecule has 0 saturated carbocycles. The number of hydrogen-bond donors (Lipinski definition) is 0. The van der Waals surface area contributed by atoms with Gasteiger partial charge in [-0.3, -0.25) is 4.68 Å². The second-order valence-corrected chi connectivity index (χ2v) is 6.47. The number of hydrogen-bond acceptors (Lipinski definition) is 4. The van der Waals surface area contributed by atoms with Crippen molar-refractivity contribution in [2.45, 2.75) is 6.92 Å². The largest absolute Gasteiger partial charge is 0.497 e. The molecule has 0 saturated heterocycles. The first-order valence-electron chi connectivity index (χ1n) is 8.88. The zero-order valence-electron chi connectivity index (χ0n) is 16.6. The minimum Gasteiger partial charge on any atom is -0.497 e. The Kier molecular flexibility index (Phi) is 5.94. The van der Waals surface area contributed by atoms with Gasteiger partial charge in [0.15, 0.2) is 0 Å². The molecule has 0 aliphatic heterocycles. The topological polar surface area (TPSA) is 45.5 Å². The van der Waals surface area contributed by atoms with E-state index in [0.29, 0.717) is 13.2 Å². The molecule has 1 heterocycles. The molecule has 0 radical (unpaired) electrons. The number of ether oxygens (including phenoxy) is 3. The van der Waals surface area contributed by atoms with E-state index in [4.69, 9.17) is 19.3 Å². The van der Waals surface area contributed by atoms with Crippen LogP contribution in [0.3, 0.4) is 0 Å². The third-order valence-electron chi connectivity index (χ3n) is 4.69. The van der Waals surface area contributed by atoms with Gasteiger partial charge in [0.25, 0.3) is 0 Å². The normalized spacial score (nSPS) is 12.0. The lowest BCUT2D eigenvalue weighted by atomic mass is 9.97. The molecule has 0 fully saturated rings. The molecule has 0 spiro atoms. The lowest BCUT2D eigenvalue weighted by Gasteiger charge is -2.10. The Morgan fingerprint density at radius 1 is 1.07 bits per heavy atom. The summed E-state index contributed by atoms with van der Waals surface area (Å²) in [6.07, 6.45) is 2.05. The summed E-state index contributed by atoms with van der Waals surface area (Å²) < 4.78 is 17.9. The van der Waals surface area contributed by atoms with Gasteiger partial charge < -0.3 is 14.2 Å². The molecule has 0 atom stereocenters. The van der Waals surface area contributed by atoms with Crippen LogP contribution in [-0.4, -0.2) is 44.3 Å². The fourth-order valence-electron chi connectivity index (χ4n) is 3.44. The van der Waals surface area contributed by atoms with Gasteiger partial charge in [0.05, 0.1) is 26.0 Å². The van der Waals surface area contributed by atoms with E-state index in [0.717, 1.165) is 44.6 Å². The predicted molar refractivity (Wildman–Crippen MR) is 109 cm³/mol. The van der Waals surface area contributed by atoms with Gasteiger partial charge in [0.1, 0.15) is 11.3 Å². The van der Waals surface area contributed by atoms with Crippen molar-refractivity contribution in [3.05, 3.63) is 53.7 Å². The molecule has 27 heavy (non-hydrogen) atoms. The zero-order valence-corrected chi connectivity index (χ0v) is 16.6. The Morgan fingerprint density at radius 2 is 1.89 bits per heavy atom. The summed E-state index contributed by atoms with van der Waals surface area (Å²) in [7, 11) is 7.04. The van der Waals surface area contributed by atoms with Gasteiger partial charge in [0, 0.05) is 37.8 Å². The van der Waals surface area contributed by atoms with Gasteiger partial charge in [0.2, 0.25) is 0 Å². The minimum atomic E-state index is 0.504. The summed E-state index contributed by atoms with van der Waals surface area (Å²) in [5.41, 5.74) is 6.51. The van der Waals surface area contributed by atoms with Crippen LogP contribution in [0.1, 0.15) is 11.3 Å². The van der Waals surface area contributed by atoms with Crippen molar-refractivity contribution in [1.29, 1.82) is 0 Å². The zero-order chi connectivity index (χ0) is 19.4. The first-order chi connectivity index (χ1) is 13.1. The van der Waals surface area contributed by atoms with E-state index in [1.807, 2.05) is 29.9 Å². The maximum Gasteiger partial charge on any atom is 0.119 e. The number of rotatable bonds is 7. The first kappa shape index (κ1) is 19.1. The molecule has 0 aliphatic carbocycles. The first-order valence-corrected chi connectivity index (χ1v) is 8.88. The van der Waals surface area contributed by atoms with Crippen molar-refractivity contribution in [3.63, 3.8) is 0 Å². The molecule has 5 heteroatoms. The molecule has 5 nitrogen and oxygen atoms in total. The summed E-state index contributed by atoms with van der Waals surface area (Å²) in [6.45, 7) is 3.13. The summed E-state index contributed by atoms with van der Waals surface area (Å²) >= 11 is 0. The molecular weight excluding hydrogens is 340 g/mol. The van der Waals surface area contributed by atoms with E-state index >= 15 is 0 Å². The van der Waals surface area contributed by atoms with E-state index < -0.39 is 0 Å². The highest BCUT2D eigenvalue weighted by Gasteiger charge is 2.17. The van der Waals surface area contributed by atoms with E-state index in [2.05, 4.69) is 31.2 Å². The fourth-order valence-corrected chi connectivity index (χ4v) is 3.44. The van der Waals surface area contributed by atoms with E-state index in [-0.39, 0.29) is 0 Å². The van der Waals surface area contributed by atoms with Crippen molar-refractivity contribution < 1.29 is 14.2 Å². The fraction of sp³-hybridized carbons (Fsp3) is 0.318. The van der Waals surface area contributed by atoms with E-state index in [1.54, 1.807) is 21.3 Å².